The minimum absolute atomic E-state index is 0.119. The third-order valence-corrected chi connectivity index (χ3v) is 4.06. The molecule has 0 aliphatic rings. The average molecular weight is 350 g/mol. The second-order valence-electron chi connectivity index (χ2n) is 5.84. The van der Waals surface area contributed by atoms with Crippen molar-refractivity contribution >= 4 is 28.5 Å². The van der Waals surface area contributed by atoms with Crippen molar-refractivity contribution < 1.29 is 9.21 Å². The number of carbonyl (C=O) groups is 1. The number of carbonyl (C=O) groups excluding carboxylic acids is 1. The number of guanidine groups is 1. The van der Waals surface area contributed by atoms with E-state index >= 15 is 0 Å². The van der Waals surface area contributed by atoms with Gasteiger partial charge in [0.2, 0.25) is 5.91 Å². The van der Waals surface area contributed by atoms with Gasteiger partial charge >= 0.3 is 0 Å². The zero-order valence-corrected chi connectivity index (χ0v) is 14.9. The first-order valence-corrected chi connectivity index (χ1v) is 8.44. The fourth-order valence-corrected chi connectivity index (χ4v) is 2.67. The molecule has 3 rings (SSSR count). The molecular weight excluding hydrogens is 328 g/mol. The van der Waals surface area contributed by atoms with E-state index in [1.54, 1.807) is 7.05 Å². The number of furan rings is 1. The molecule has 0 saturated heterocycles. The van der Waals surface area contributed by atoms with Crippen LogP contribution in [-0.4, -0.2) is 25.5 Å². The number of fused-ring (bicyclic) bond motifs is 1. The summed E-state index contributed by atoms with van der Waals surface area (Å²) in [6.07, 6.45) is 0. The lowest BCUT2D eigenvalue weighted by Crippen LogP contribution is -2.41. The van der Waals surface area contributed by atoms with Crippen molar-refractivity contribution in [2.45, 2.75) is 13.5 Å². The topological polar surface area (TPSA) is 78.7 Å². The molecule has 0 fully saturated rings. The third-order valence-electron chi connectivity index (χ3n) is 4.06. The van der Waals surface area contributed by atoms with Gasteiger partial charge in [-0.05, 0) is 25.1 Å². The number of rotatable bonds is 5. The zero-order chi connectivity index (χ0) is 18.4. The molecule has 6 heteroatoms. The van der Waals surface area contributed by atoms with Gasteiger partial charge in [-0.1, -0.05) is 36.4 Å². The Hall–Kier alpha value is -3.28. The summed E-state index contributed by atoms with van der Waals surface area (Å²) in [5.74, 6) is 1.25. The molecule has 0 aliphatic heterocycles. The van der Waals surface area contributed by atoms with Crippen LogP contribution in [0.25, 0.3) is 11.0 Å². The number of benzene rings is 2. The van der Waals surface area contributed by atoms with E-state index in [9.17, 15) is 4.79 Å². The van der Waals surface area contributed by atoms with Crippen molar-refractivity contribution in [1.82, 2.24) is 10.6 Å². The Morgan fingerprint density at radius 3 is 2.50 bits per heavy atom. The van der Waals surface area contributed by atoms with Crippen LogP contribution in [0.3, 0.4) is 0 Å². The van der Waals surface area contributed by atoms with Gasteiger partial charge in [-0.25, -0.2) is 0 Å². The van der Waals surface area contributed by atoms with Gasteiger partial charge in [-0.2, -0.15) is 0 Å². The predicted molar refractivity (Wildman–Crippen MR) is 104 cm³/mol. The van der Waals surface area contributed by atoms with Crippen LogP contribution >= 0.6 is 0 Å². The standard InChI is InChI=1S/C20H22N4O2/c1-14-16-10-6-7-11-17(16)26-18(14)12-22-20(21-2)23-13-19(25)24-15-8-4-3-5-9-15/h3-11H,12-13H2,1-2H3,(H,24,25)(H2,21,22,23). The van der Waals surface area contributed by atoms with Crippen molar-refractivity contribution in [2.24, 2.45) is 4.99 Å². The van der Waals surface area contributed by atoms with Crippen molar-refractivity contribution in [1.29, 1.82) is 0 Å². The number of amides is 1. The molecule has 0 atom stereocenters. The first kappa shape index (κ1) is 17.5. The van der Waals surface area contributed by atoms with E-state index in [1.165, 1.54) is 0 Å². The van der Waals surface area contributed by atoms with Gasteiger partial charge in [0.15, 0.2) is 5.96 Å². The lowest BCUT2D eigenvalue weighted by atomic mass is 10.1. The lowest BCUT2D eigenvalue weighted by Gasteiger charge is -2.11. The van der Waals surface area contributed by atoms with E-state index in [4.69, 9.17) is 4.42 Å². The summed E-state index contributed by atoms with van der Waals surface area (Å²) in [6, 6.07) is 17.3. The molecule has 134 valence electrons. The normalized spacial score (nSPS) is 11.4. The van der Waals surface area contributed by atoms with Crippen molar-refractivity contribution in [3.8, 4) is 0 Å². The predicted octanol–water partition coefficient (Wildman–Crippen LogP) is 3.04. The van der Waals surface area contributed by atoms with Gasteiger partial charge in [0.1, 0.15) is 11.3 Å². The van der Waals surface area contributed by atoms with Gasteiger partial charge < -0.3 is 20.4 Å². The molecule has 0 saturated carbocycles. The Morgan fingerprint density at radius 2 is 1.77 bits per heavy atom. The molecule has 0 aliphatic carbocycles. The number of para-hydroxylation sites is 2. The van der Waals surface area contributed by atoms with E-state index in [0.29, 0.717) is 12.5 Å². The smallest absolute Gasteiger partial charge is 0.243 e. The molecule has 0 radical (unpaired) electrons. The van der Waals surface area contributed by atoms with Gasteiger partial charge in [-0.15, -0.1) is 0 Å². The van der Waals surface area contributed by atoms with Crippen LogP contribution in [0.15, 0.2) is 64.0 Å². The molecular formula is C20H22N4O2. The zero-order valence-electron chi connectivity index (χ0n) is 14.9. The second-order valence-corrected chi connectivity index (χ2v) is 5.84. The molecule has 0 spiro atoms. The van der Waals surface area contributed by atoms with Crippen LogP contribution < -0.4 is 16.0 Å². The van der Waals surface area contributed by atoms with Gasteiger partial charge in [0.05, 0.1) is 13.1 Å². The molecule has 2 aromatic carbocycles. The molecule has 26 heavy (non-hydrogen) atoms. The minimum Gasteiger partial charge on any atom is -0.459 e. The molecule has 6 nitrogen and oxygen atoms in total. The highest BCUT2D eigenvalue weighted by Crippen LogP contribution is 2.24. The fraction of sp³-hybridized carbons (Fsp3) is 0.200. The number of nitrogens with one attached hydrogen (secondary N) is 3. The largest absolute Gasteiger partial charge is 0.459 e. The Bertz CT molecular complexity index is 916. The lowest BCUT2D eigenvalue weighted by molar-refractivity contribution is -0.115. The molecule has 1 amide bonds. The molecule has 1 heterocycles. The van der Waals surface area contributed by atoms with Crippen LogP contribution in [0, 0.1) is 6.92 Å². The number of nitrogens with zero attached hydrogens (tertiary/aromatic N) is 1. The van der Waals surface area contributed by atoms with Crippen LogP contribution in [-0.2, 0) is 11.3 Å². The van der Waals surface area contributed by atoms with Gasteiger partial charge in [-0.3, -0.25) is 9.79 Å². The molecule has 3 aromatic rings. The summed E-state index contributed by atoms with van der Waals surface area (Å²) in [4.78, 5) is 16.1. The fourth-order valence-electron chi connectivity index (χ4n) is 2.67. The number of aryl methyl sites for hydroxylation is 1. The van der Waals surface area contributed by atoms with Gasteiger partial charge in [0.25, 0.3) is 0 Å². The Labute approximate surface area is 152 Å². The highest BCUT2D eigenvalue weighted by atomic mass is 16.3. The summed E-state index contributed by atoms with van der Waals surface area (Å²) < 4.78 is 5.87. The number of hydrogen-bond acceptors (Lipinski definition) is 3. The summed E-state index contributed by atoms with van der Waals surface area (Å²) >= 11 is 0. The molecule has 0 bridgehead atoms. The first-order chi connectivity index (χ1) is 12.7. The number of hydrogen-bond donors (Lipinski definition) is 3. The summed E-state index contributed by atoms with van der Waals surface area (Å²) in [5.41, 5.74) is 2.73. The van der Waals surface area contributed by atoms with Crippen LogP contribution in [0.1, 0.15) is 11.3 Å². The second kappa shape index (κ2) is 8.20. The van der Waals surface area contributed by atoms with E-state index in [-0.39, 0.29) is 12.5 Å². The maximum absolute atomic E-state index is 12.0. The maximum Gasteiger partial charge on any atom is 0.243 e. The number of aliphatic imine (C=N–C) groups is 1. The van der Waals surface area contributed by atoms with Crippen molar-refractivity contribution in [3.63, 3.8) is 0 Å². The monoisotopic (exact) mass is 350 g/mol. The highest BCUT2D eigenvalue weighted by molar-refractivity contribution is 5.95. The van der Waals surface area contributed by atoms with Crippen LogP contribution in [0.4, 0.5) is 5.69 Å². The Kier molecular flexibility index (Phi) is 5.53. The Morgan fingerprint density at radius 1 is 1.04 bits per heavy atom. The molecule has 3 N–H and O–H groups in total. The van der Waals surface area contributed by atoms with E-state index < -0.39 is 0 Å². The van der Waals surface area contributed by atoms with Crippen LogP contribution in [0.5, 0.6) is 0 Å². The maximum atomic E-state index is 12.0. The summed E-state index contributed by atoms with van der Waals surface area (Å²) in [7, 11) is 1.66. The van der Waals surface area contributed by atoms with Crippen molar-refractivity contribution in [3.05, 3.63) is 65.9 Å². The summed E-state index contributed by atoms with van der Waals surface area (Å²) in [5, 5.41) is 10.1. The number of anilines is 1. The highest BCUT2D eigenvalue weighted by Gasteiger charge is 2.10. The van der Waals surface area contributed by atoms with Gasteiger partial charge in [0, 0.05) is 23.7 Å². The van der Waals surface area contributed by atoms with E-state index in [0.717, 1.165) is 28.0 Å². The first-order valence-electron chi connectivity index (χ1n) is 8.44. The Balaban J connectivity index is 1.53. The minimum atomic E-state index is -0.140. The van der Waals surface area contributed by atoms with E-state index in [1.807, 2.05) is 61.5 Å². The third kappa shape index (κ3) is 4.22. The quantitative estimate of drug-likeness (QED) is 0.488. The SMILES string of the molecule is CN=C(NCC(=O)Nc1ccccc1)NCc1oc2ccccc2c1C. The molecule has 0 unspecified atom stereocenters. The van der Waals surface area contributed by atoms with Crippen molar-refractivity contribution in [2.75, 3.05) is 18.9 Å². The van der Waals surface area contributed by atoms with E-state index in [2.05, 4.69) is 20.9 Å². The molecule has 1 aromatic heterocycles. The average Bonchev–Trinajstić information content (AvgIpc) is 2.99. The van der Waals surface area contributed by atoms with Crippen LogP contribution in [0.2, 0.25) is 0 Å². The summed E-state index contributed by atoms with van der Waals surface area (Å²) in [6.45, 7) is 2.64.